The highest BCUT2D eigenvalue weighted by Gasteiger charge is 2.28. The van der Waals surface area contributed by atoms with E-state index in [1.165, 1.54) is 6.33 Å². The number of rotatable bonds is 6. The first-order chi connectivity index (χ1) is 13.7. The topological polar surface area (TPSA) is 93.4 Å². The summed E-state index contributed by atoms with van der Waals surface area (Å²) in [5.74, 6) is 1.96. The van der Waals surface area contributed by atoms with Crippen LogP contribution in [0, 0.1) is 10.1 Å². The van der Waals surface area contributed by atoms with E-state index in [-0.39, 0.29) is 11.5 Å². The minimum absolute atomic E-state index is 0.103. The molecule has 1 aliphatic heterocycles. The van der Waals surface area contributed by atoms with Crippen molar-refractivity contribution in [2.75, 3.05) is 23.3 Å². The summed E-state index contributed by atoms with van der Waals surface area (Å²) in [5.41, 5.74) is 0.573. The minimum atomic E-state index is -0.428. The molecule has 8 heteroatoms. The molecular formula is C20H19N5O3. The first kappa shape index (κ1) is 17.7. The quantitative estimate of drug-likeness (QED) is 0.498. The van der Waals surface area contributed by atoms with Gasteiger partial charge in [-0.25, -0.2) is 9.97 Å². The van der Waals surface area contributed by atoms with Crippen LogP contribution in [0.25, 0.3) is 0 Å². The molecular weight excluding hydrogens is 358 g/mol. The van der Waals surface area contributed by atoms with Gasteiger partial charge in [-0.1, -0.05) is 18.2 Å². The lowest BCUT2D eigenvalue weighted by molar-refractivity contribution is -0.383. The number of nitro groups is 1. The number of ether oxygens (including phenoxy) is 1. The van der Waals surface area contributed by atoms with Crippen LogP contribution in [0.5, 0.6) is 11.5 Å². The van der Waals surface area contributed by atoms with Crippen molar-refractivity contribution in [1.29, 1.82) is 0 Å². The first-order valence-corrected chi connectivity index (χ1v) is 9.05. The first-order valence-electron chi connectivity index (χ1n) is 9.05. The Balaban J connectivity index is 1.55. The number of aromatic nitrogens is 2. The monoisotopic (exact) mass is 377 g/mol. The summed E-state index contributed by atoms with van der Waals surface area (Å²) >= 11 is 0. The molecule has 0 unspecified atom stereocenters. The largest absolute Gasteiger partial charge is 0.457 e. The molecule has 2 heterocycles. The molecule has 0 aliphatic carbocycles. The second kappa shape index (κ2) is 7.91. The van der Waals surface area contributed by atoms with Crippen LogP contribution in [-0.4, -0.2) is 28.0 Å². The van der Waals surface area contributed by atoms with Gasteiger partial charge in [0.2, 0.25) is 11.6 Å². The van der Waals surface area contributed by atoms with E-state index in [0.29, 0.717) is 17.3 Å². The molecule has 1 N–H and O–H groups in total. The molecule has 1 saturated heterocycles. The molecule has 0 saturated carbocycles. The SMILES string of the molecule is O=[N+]([O-])c1c(Nc2ccc(Oc3ccccc3)cc2)ncnc1N1CCCC1. The van der Waals surface area contributed by atoms with Gasteiger partial charge in [-0.15, -0.1) is 0 Å². The molecule has 28 heavy (non-hydrogen) atoms. The Morgan fingerprint density at radius 3 is 2.32 bits per heavy atom. The summed E-state index contributed by atoms with van der Waals surface area (Å²) in [6.45, 7) is 1.53. The second-order valence-electron chi connectivity index (χ2n) is 6.41. The fourth-order valence-electron chi connectivity index (χ4n) is 3.16. The van der Waals surface area contributed by atoms with Crippen LogP contribution in [0.15, 0.2) is 60.9 Å². The predicted molar refractivity (Wildman–Crippen MR) is 106 cm³/mol. The highest BCUT2D eigenvalue weighted by atomic mass is 16.6. The smallest absolute Gasteiger partial charge is 0.353 e. The van der Waals surface area contributed by atoms with E-state index in [1.54, 1.807) is 24.3 Å². The van der Waals surface area contributed by atoms with E-state index < -0.39 is 4.92 Å². The minimum Gasteiger partial charge on any atom is -0.457 e. The van der Waals surface area contributed by atoms with Crippen molar-refractivity contribution in [3.05, 3.63) is 71.0 Å². The molecule has 142 valence electrons. The summed E-state index contributed by atoms with van der Waals surface area (Å²) in [6, 6.07) is 16.6. The van der Waals surface area contributed by atoms with Crippen molar-refractivity contribution in [3.8, 4) is 11.5 Å². The van der Waals surface area contributed by atoms with Crippen LogP contribution < -0.4 is 15.0 Å². The number of benzene rings is 2. The van der Waals surface area contributed by atoms with Gasteiger partial charge in [-0.05, 0) is 49.2 Å². The Kier molecular flexibility index (Phi) is 5.01. The van der Waals surface area contributed by atoms with E-state index in [0.717, 1.165) is 31.7 Å². The Labute approximate surface area is 162 Å². The Bertz CT molecular complexity index is 957. The zero-order valence-corrected chi connectivity index (χ0v) is 15.1. The Morgan fingerprint density at radius 2 is 1.64 bits per heavy atom. The fourth-order valence-corrected chi connectivity index (χ4v) is 3.16. The van der Waals surface area contributed by atoms with E-state index in [2.05, 4.69) is 15.3 Å². The van der Waals surface area contributed by atoms with Gasteiger partial charge in [0.05, 0.1) is 4.92 Å². The summed E-state index contributed by atoms with van der Waals surface area (Å²) in [5, 5.41) is 14.7. The summed E-state index contributed by atoms with van der Waals surface area (Å²) in [4.78, 5) is 21.4. The van der Waals surface area contributed by atoms with Crippen molar-refractivity contribution < 1.29 is 9.66 Å². The summed E-state index contributed by atoms with van der Waals surface area (Å²) < 4.78 is 5.76. The maximum absolute atomic E-state index is 11.7. The predicted octanol–water partition coefficient (Wildman–Crippen LogP) is 4.52. The van der Waals surface area contributed by atoms with Crippen LogP contribution >= 0.6 is 0 Å². The van der Waals surface area contributed by atoms with E-state index in [9.17, 15) is 10.1 Å². The van der Waals surface area contributed by atoms with Crippen molar-refractivity contribution in [2.24, 2.45) is 0 Å². The van der Waals surface area contributed by atoms with Gasteiger partial charge in [-0.3, -0.25) is 10.1 Å². The van der Waals surface area contributed by atoms with Crippen LogP contribution in [-0.2, 0) is 0 Å². The molecule has 0 amide bonds. The van der Waals surface area contributed by atoms with E-state index >= 15 is 0 Å². The zero-order valence-electron chi connectivity index (χ0n) is 15.1. The van der Waals surface area contributed by atoms with Crippen LogP contribution in [0.3, 0.4) is 0 Å². The second-order valence-corrected chi connectivity index (χ2v) is 6.41. The maximum atomic E-state index is 11.7. The average Bonchev–Trinajstić information content (AvgIpc) is 3.25. The number of hydrogen-bond acceptors (Lipinski definition) is 7. The lowest BCUT2D eigenvalue weighted by Crippen LogP contribution is -2.21. The molecule has 0 bridgehead atoms. The Morgan fingerprint density at radius 1 is 0.964 bits per heavy atom. The summed E-state index contributed by atoms with van der Waals surface area (Å²) in [6.07, 6.45) is 3.37. The summed E-state index contributed by atoms with van der Waals surface area (Å²) in [7, 11) is 0. The van der Waals surface area contributed by atoms with Crippen molar-refractivity contribution in [1.82, 2.24) is 9.97 Å². The molecule has 3 aromatic rings. The molecule has 0 radical (unpaired) electrons. The third kappa shape index (κ3) is 3.85. The molecule has 8 nitrogen and oxygen atoms in total. The van der Waals surface area contributed by atoms with Crippen molar-refractivity contribution in [3.63, 3.8) is 0 Å². The molecule has 0 spiro atoms. The molecule has 0 atom stereocenters. The average molecular weight is 377 g/mol. The van der Waals surface area contributed by atoms with E-state index in [1.807, 2.05) is 35.2 Å². The van der Waals surface area contributed by atoms with Gasteiger partial charge in [0.15, 0.2) is 0 Å². The van der Waals surface area contributed by atoms with Gasteiger partial charge in [0.25, 0.3) is 0 Å². The van der Waals surface area contributed by atoms with Gasteiger partial charge >= 0.3 is 5.69 Å². The number of anilines is 3. The van der Waals surface area contributed by atoms with Crippen LogP contribution in [0.1, 0.15) is 12.8 Å². The van der Waals surface area contributed by atoms with E-state index in [4.69, 9.17) is 4.74 Å². The third-order valence-electron chi connectivity index (χ3n) is 4.49. The molecule has 1 fully saturated rings. The van der Waals surface area contributed by atoms with Gasteiger partial charge < -0.3 is 15.0 Å². The zero-order chi connectivity index (χ0) is 19.3. The lowest BCUT2D eigenvalue weighted by atomic mass is 10.3. The standard InChI is InChI=1S/C20H19N5O3/c26-25(27)18-19(21-14-22-20(18)24-12-4-5-13-24)23-15-8-10-17(11-9-15)28-16-6-2-1-3-7-16/h1-3,6-11,14H,4-5,12-13H2,(H,21,22,23). The van der Waals surface area contributed by atoms with Crippen LogP contribution in [0.4, 0.5) is 23.0 Å². The van der Waals surface area contributed by atoms with Gasteiger partial charge in [0, 0.05) is 18.8 Å². The molecule has 2 aromatic carbocycles. The maximum Gasteiger partial charge on any atom is 0.353 e. The number of para-hydroxylation sites is 1. The third-order valence-corrected chi connectivity index (χ3v) is 4.49. The van der Waals surface area contributed by atoms with Gasteiger partial charge in [-0.2, -0.15) is 0 Å². The lowest BCUT2D eigenvalue weighted by Gasteiger charge is -2.17. The molecule has 4 rings (SSSR count). The molecule has 1 aromatic heterocycles. The highest BCUT2D eigenvalue weighted by molar-refractivity contribution is 5.74. The highest BCUT2D eigenvalue weighted by Crippen LogP contribution is 2.35. The van der Waals surface area contributed by atoms with Gasteiger partial charge in [0.1, 0.15) is 17.8 Å². The fraction of sp³-hybridized carbons (Fsp3) is 0.200. The van der Waals surface area contributed by atoms with Crippen molar-refractivity contribution >= 4 is 23.0 Å². The Hall–Kier alpha value is -3.68. The number of hydrogen-bond donors (Lipinski definition) is 1. The normalized spacial score (nSPS) is 13.4. The van der Waals surface area contributed by atoms with Crippen molar-refractivity contribution in [2.45, 2.75) is 12.8 Å². The molecule has 1 aliphatic rings. The number of nitrogens with zero attached hydrogens (tertiary/aromatic N) is 4. The number of nitrogens with one attached hydrogen (secondary N) is 1. The van der Waals surface area contributed by atoms with Crippen LogP contribution in [0.2, 0.25) is 0 Å².